The molecule has 1 aromatic heterocycles. The number of amides is 1. The molecule has 1 aliphatic carbocycles. The van der Waals surface area contributed by atoms with Crippen LogP contribution in [-0.2, 0) is 27.8 Å². The van der Waals surface area contributed by atoms with Gasteiger partial charge in [0.05, 0.1) is 12.2 Å². The first-order valence-electron chi connectivity index (χ1n) is 11.0. The summed E-state index contributed by atoms with van der Waals surface area (Å²) in [6.07, 6.45) is 4.24. The van der Waals surface area contributed by atoms with Gasteiger partial charge in [0.15, 0.2) is 0 Å². The van der Waals surface area contributed by atoms with Crippen molar-refractivity contribution in [2.45, 2.75) is 59.3 Å². The van der Waals surface area contributed by atoms with Gasteiger partial charge in [-0.15, -0.1) is 11.3 Å². The van der Waals surface area contributed by atoms with Crippen LogP contribution in [0.25, 0.3) is 6.08 Å². The van der Waals surface area contributed by atoms with E-state index >= 15 is 0 Å². The van der Waals surface area contributed by atoms with Crippen molar-refractivity contribution in [3.63, 3.8) is 0 Å². The molecule has 1 unspecified atom stereocenters. The highest BCUT2D eigenvalue weighted by Crippen LogP contribution is 2.40. The number of hydrogen-bond acceptors (Lipinski definition) is 5. The van der Waals surface area contributed by atoms with Gasteiger partial charge in [0.2, 0.25) is 0 Å². The predicted molar refractivity (Wildman–Crippen MR) is 129 cm³/mol. The van der Waals surface area contributed by atoms with E-state index < -0.39 is 11.9 Å². The van der Waals surface area contributed by atoms with E-state index in [0.717, 1.165) is 35.3 Å². The molecule has 3 rings (SSSR count). The lowest BCUT2D eigenvalue weighted by Gasteiger charge is -2.18. The van der Waals surface area contributed by atoms with Crippen molar-refractivity contribution in [2.75, 3.05) is 11.9 Å². The molecule has 1 atom stereocenters. The van der Waals surface area contributed by atoms with Crippen LogP contribution in [0.2, 0.25) is 0 Å². The number of benzene rings is 1. The molecule has 0 saturated carbocycles. The Balaban J connectivity index is 1.89. The molecule has 0 radical (unpaired) electrons. The maximum Gasteiger partial charge on any atom is 0.341 e. The summed E-state index contributed by atoms with van der Waals surface area (Å²) in [5.74, 6) is -0.412. The van der Waals surface area contributed by atoms with Gasteiger partial charge in [-0.1, -0.05) is 52.0 Å². The summed E-state index contributed by atoms with van der Waals surface area (Å²) < 4.78 is 5.26. The van der Waals surface area contributed by atoms with Gasteiger partial charge >= 0.3 is 5.97 Å². The molecule has 1 heterocycles. The number of nitriles is 1. The second kappa shape index (κ2) is 9.70. The van der Waals surface area contributed by atoms with Gasteiger partial charge < -0.3 is 10.1 Å². The minimum atomic E-state index is -0.524. The summed E-state index contributed by atoms with van der Waals surface area (Å²) in [6, 6.07) is 9.81. The van der Waals surface area contributed by atoms with E-state index in [2.05, 4.69) is 33.0 Å². The molecule has 0 aliphatic heterocycles. The van der Waals surface area contributed by atoms with Gasteiger partial charge in [-0.25, -0.2) is 4.79 Å². The molecule has 168 valence electrons. The number of hydrogen-bond donors (Lipinski definition) is 1. The maximum atomic E-state index is 12.9. The van der Waals surface area contributed by atoms with Gasteiger partial charge in [0.25, 0.3) is 5.91 Å². The Morgan fingerprint density at radius 3 is 2.56 bits per heavy atom. The normalized spacial score (nSPS) is 16.1. The second-order valence-electron chi connectivity index (χ2n) is 9.27. The first-order valence-corrected chi connectivity index (χ1v) is 11.8. The van der Waals surface area contributed by atoms with Crippen LogP contribution < -0.4 is 5.32 Å². The molecule has 0 saturated heterocycles. The van der Waals surface area contributed by atoms with E-state index in [1.165, 1.54) is 16.9 Å². The number of anilines is 1. The van der Waals surface area contributed by atoms with Crippen LogP contribution >= 0.6 is 11.3 Å². The highest BCUT2D eigenvalue weighted by Gasteiger charge is 2.29. The van der Waals surface area contributed by atoms with E-state index in [1.54, 1.807) is 13.0 Å². The average molecular weight is 451 g/mol. The van der Waals surface area contributed by atoms with E-state index in [-0.39, 0.29) is 17.6 Å². The smallest absolute Gasteiger partial charge is 0.341 e. The molecule has 1 aliphatic rings. The Labute approximate surface area is 194 Å². The van der Waals surface area contributed by atoms with E-state index in [9.17, 15) is 14.9 Å². The second-order valence-corrected chi connectivity index (χ2v) is 10.4. The number of nitrogens with zero attached hydrogens (tertiary/aromatic N) is 1. The molecule has 1 N–H and O–H groups in total. The standard InChI is InChI=1S/C26H30N2O3S/c1-6-31-25(30)22-20-12-7-16(2)13-21(20)32-24(22)28-23(29)18(15-27)14-17-8-10-19(11-9-17)26(3,4)5/h8-11,14,16H,6-7,12-13H2,1-5H3,(H,28,29)/b18-14+. The van der Waals surface area contributed by atoms with Crippen LogP contribution in [0.4, 0.5) is 5.00 Å². The topological polar surface area (TPSA) is 79.2 Å². The Morgan fingerprint density at radius 1 is 1.28 bits per heavy atom. The van der Waals surface area contributed by atoms with Crippen LogP contribution in [0.3, 0.4) is 0 Å². The lowest BCUT2D eigenvalue weighted by Crippen LogP contribution is -2.17. The van der Waals surface area contributed by atoms with E-state index in [4.69, 9.17) is 4.74 Å². The largest absolute Gasteiger partial charge is 0.462 e. The Hall–Kier alpha value is -2.91. The Morgan fingerprint density at radius 2 is 1.97 bits per heavy atom. The first-order chi connectivity index (χ1) is 15.1. The number of nitrogens with one attached hydrogen (secondary N) is 1. The minimum absolute atomic E-state index is 0.0111. The van der Waals surface area contributed by atoms with Crippen LogP contribution in [-0.4, -0.2) is 18.5 Å². The summed E-state index contributed by atoms with van der Waals surface area (Å²) in [5, 5.41) is 12.9. The number of esters is 1. The molecule has 0 spiro atoms. The quantitative estimate of drug-likeness (QED) is 0.350. The van der Waals surface area contributed by atoms with Crippen LogP contribution in [0, 0.1) is 17.2 Å². The molecule has 1 aromatic carbocycles. The third kappa shape index (κ3) is 5.28. The fourth-order valence-corrected chi connectivity index (χ4v) is 5.22. The fraction of sp³-hybridized carbons (Fsp3) is 0.423. The Bertz CT molecular complexity index is 1080. The zero-order valence-electron chi connectivity index (χ0n) is 19.4. The van der Waals surface area contributed by atoms with E-state index in [1.807, 2.05) is 30.3 Å². The number of rotatable bonds is 5. The molecule has 6 heteroatoms. The van der Waals surface area contributed by atoms with Crippen molar-refractivity contribution < 1.29 is 14.3 Å². The van der Waals surface area contributed by atoms with Crippen molar-refractivity contribution in [2.24, 2.45) is 5.92 Å². The molecule has 5 nitrogen and oxygen atoms in total. The summed E-state index contributed by atoms with van der Waals surface area (Å²) >= 11 is 1.42. The summed E-state index contributed by atoms with van der Waals surface area (Å²) in [7, 11) is 0. The van der Waals surface area contributed by atoms with Crippen molar-refractivity contribution >= 4 is 34.3 Å². The third-order valence-electron chi connectivity index (χ3n) is 5.67. The first kappa shape index (κ1) is 23.7. The van der Waals surface area contributed by atoms with Gasteiger partial charge in [0.1, 0.15) is 16.6 Å². The van der Waals surface area contributed by atoms with Crippen molar-refractivity contribution in [1.82, 2.24) is 0 Å². The van der Waals surface area contributed by atoms with Crippen molar-refractivity contribution in [3.8, 4) is 6.07 Å². The molecular weight excluding hydrogens is 420 g/mol. The fourth-order valence-electron chi connectivity index (χ4n) is 3.82. The van der Waals surface area contributed by atoms with Crippen LogP contribution in [0.5, 0.6) is 0 Å². The summed E-state index contributed by atoms with van der Waals surface area (Å²) in [5.41, 5.74) is 3.38. The number of carbonyl (C=O) groups excluding carboxylic acids is 2. The molecule has 0 fully saturated rings. The molecular formula is C26H30N2O3S. The third-order valence-corrected chi connectivity index (χ3v) is 6.84. The zero-order valence-corrected chi connectivity index (χ0v) is 20.2. The highest BCUT2D eigenvalue weighted by atomic mass is 32.1. The average Bonchev–Trinajstić information content (AvgIpc) is 3.08. The molecule has 2 aromatic rings. The SMILES string of the molecule is CCOC(=O)c1c(NC(=O)/C(C#N)=C/c2ccc(C(C)(C)C)cc2)sc2c1CCC(C)C2. The number of thiophene rings is 1. The highest BCUT2D eigenvalue weighted by molar-refractivity contribution is 7.17. The zero-order chi connectivity index (χ0) is 23.5. The van der Waals surface area contributed by atoms with Crippen LogP contribution in [0.15, 0.2) is 29.8 Å². The Kier molecular flexibility index (Phi) is 7.20. The van der Waals surface area contributed by atoms with Gasteiger partial charge in [-0.05, 0) is 60.3 Å². The monoisotopic (exact) mass is 450 g/mol. The van der Waals surface area contributed by atoms with Crippen LogP contribution in [0.1, 0.15) is 73.0 Å². The van der Waals surface area contributed by atoms with Gasteiger partial charge in [-0.3, -0.25) is 4.79 Å². The minimum Gasteiger partial charge on any atom is -0.462 e. The van der Waals surface area contributed by atoms with Gasteiger partial charge in [0, 0.05) is 4.88 Å². The number of carbonyl (C=O) groups is 2. The lowest BCUT2D eigenvalue weighted by atomic mass is 9.86. The molecule has 0 bridgehead atoms. The van der Waals surface area contributed by atoms with Crippen molar-refractivity contribution in [1.29, 1.82) is 5.26 Å². The maximum absolute atomic E-state index is 12.9. The number of fused-ring (bicyclic) bond motifs is 1. The van der Waals surface area contributed by atoms with E-state index in [0.29, 0.717) is 16.5 Å². The molecule has 1 amide bonds. The van der Waals surface area contributed by atoms with Crippen molar-refractivity contribution in [3.05, 3.63) is 57.0 Å². The lowest BCUT2D eigenvalue weighted by molar-refractivity contribution is -0.112. The summed E-state index contributed by atoms with van der Waals surface area (Å²) in [6.45, 7) is 10.6. The number of ether oxygens (including phenoxy) is 1. The predicted octanol–water partition coefficient (Wildman–Crippen LogP) is 5.89. The van der Waals surface area contributed by atoms with Gasteiger partial charge in [-0.2, -0.15) is 5.26 Å². The summed E-state index contributed by atoms with van der Waals surface area (Å²) in [4.78, 5) is 26.7. The molecule has 32 heavy (non-hydrogen) atoms.